The fourth-order valence-electron chi connectivity index (χ4n) is 2.58. The van der Waals surface area contributed by atoms with E-state index in [-0.39, 0.29) is 28.7 Å². The third kappa shape index (κ3) is 5.87. The topological polar surface area (TPSA) is 77.2 Å². The fourth-order valence-corrected chi connectivity index (χ4v) is 3.16. The molecular weight excluding hydrogens is 445 g/mol. The van der Waals surface area contributed by atoms with Gasteiger partial charge in [0.15, 0.2) is 5.76 Å². The van der Waals surface area contributed by atoms with Gasteiger partial charge in [0.2, 0.25) is 5.13 Å². The summed E-state index contributed by atoms with van der Waals surface area (Å²) >= 11 is 0.816. The second-order valence-electron chi connectivity index (χ2n) is 6.34. The van der Waals surface area contributed by atoms with E-state index in [2.05, 4.69) is 19.4 Å². The number of carbonyl (C=O) groups is 1. The van der Waals surface area contributed by atoms with Gasteiger partial charge in [-0.05, 0) is 43.2 Å². The minimum absolute atomic E-state index is 0.0863. The Morgan fingerprint density at radius 2 is 2.00 bits per heavy atom. The van der Waals surface area contributed by atoms with Gasteiger partial charge in [-0.3, -0.25) is 10.1 Å². The molecule has 0 radical (unpaired) electrons. The molecule has 0 atom stereocenters. The predicted molar refractivity (Wildman–Crippen MR) is 102 cm³/mol. The average Bonchev–Trinajstić information content (AvgIpc) is 3.26. The number of halogens is 5. The van der Waals surface area contributed by atoms with Crippen molar-refractivity contribution in [1.82, 2.24) is 9.36 Å². The van der Waals surface area contributed by atoms with Gasteiger partial charge in [0.1, 0.15) is 17.3 Å². The minimum Gasteiger partial charge on any atom is -0.456 e. The Labute approximate surface area is 176 Å². The van der Waals surface area contributed by atoms with Gasteiger partial charge in [0.05, 0.1) is 0 Å². The molecule has 1 amide bonds. The third-order valence-electron chi connectivity index (χ3n) is 3.95. The Morgan fingerprint density at radius 1 is 1.26 bits per heavy atom. The van der Waals surface area contributed by atoms with Crippen molar-refractivity contribution >= 4 is 22.6 Å². The lowest BCUT2D eigenvalue weighted by Crippen LogP contribution is -2.17. The number of allylic oxidation sites excluding steroid dienone is 1. The number of amides is 1. The Hall–Kier alpha value is -3.28. The molecular formula is C19H14F5N3O3S. The van der Waals surface area contributed by atoms with Crippen LogP contribution in [0.4, 0.5) is 27.1 Å². The lowest BCUT2D eigenvalue weighted by molar-refractivity contribution is -0.274. The van der Waals surface area contributed by atoms with Crippen molar-refractivity contribution in [3.05, 3.63) is 59.3 Å². The minimum atomic E-state index is -4.83. The summed E-state index contributed by atoms with van der Waals surface area (Å²) in [5, 5.41) is 2.54. The molecule has 3 rings (SSSR count). The number of hydrogen-bond acceptors (Lipinski definition) is 6. The van der Waals surface area contributed by atoms with Crippen LogP contribution >= 0.6 is 11.5 Å². The largest absolute Gasteiger partial charge is 0.573 e. The normalized spacial score (nSPS) is 11.3. The van der Waals surface area contributed by atoms with Gasteiger partial charge < -0.3 is 9.15 Å². The summed E-state index contributed by atoms with van der Waals surface area (Å²) in [6, 6.07) is 6.61. The number of nitrogens with one attached hydrogen (secondary N) is 1. The van der Waals surface area contributed by atoms with Crippen LogP contribution in [-0.2, 0) is 6.42 Å². The summed E-state index contributed by atoms with van der Waals surface area (Å²) in [6.45, 7) is 2.80. The summed E-state index contributed by atoms with van der Waals surface area (Å²) in [5.74, 6) is -0.775. The molecule has 1 N–H and O–H groups in total. The van der Waals surface area contributed by atoms with E-state index in [1.54, 1.807) is 13.0 Å². The van der Waals surface area contributed by atoms with Crippen LogP contribution < -0.4 is 10.1 Å². The van der Waals surface area contributed by atoms with E-state index in [1.807, 2.05) is 0 Å². The first kappa shape index (κ1) is 22.4. The molecule has 3 aromatic rings. The van der Waals surface area contributed by atoms with Crippen LogP contribution in [0.3, 0.4) is 0 Å². The van der Waals surface area contributed by atoms with Gasteiger partial charge in [-0.2, -0.15) is 13.2 Å². The molecule has 0 spiro atoms. The van der Waals surface area contributed by atoms with Crippen LogP contribution in [-0.4, -0.2) is 21.6 Å². The van der Waals surface area contributed by atoms with E-state index in [4.69, 9.17) is 4.42 Å². The highest BCUT2D eigenvalue weighted by molar-refractivity contribution is 7.09. The van der Waals surface area contributed by atoms with Crippen molar-refractivity contribution in [1.29, 1.82) is 0 Å². The fraction of sp³-hybridized carbons (Fsp3) is 0.211. The zero-order valence-electron chi connectivity index (χ0n) is 16.0. The number of aryl methyl sites for hydroxylation is 1. The second kappa shape index (κ2) is 8.84. The number of alkyl halides is 3. The van der Waals surface area contributed by atoms with Gasteiger partial charge in [-0.15, -0.1) is 13.2 Å². The number of anilines is 1. The first-order chi connectivity index (χ1) is 14.5. The third-order valence-corrected chi connectivity index (χ3v) is 4.62. The number of ether oxygens (including phenoxy) is 1. The van der Waals surface area contributed by atoms with Gasteiger partial charge in [-0.1, -0.05) is 12.1 Å². The Kier molecular flexibility index (Phi) is 6.39. The molecule has 2 heterocycles. The molecule has 2 aromatic heterocycles. The Morgan fingerprint density at radius 3 is 2.68 bits per heavy atom. The van der Waals surface area contributed by atoms with Gasteiger partial charge >= 0.3 is 6.36 Å². The molecule has 0 unspecified atom stereocenters. The van der Waals surface area contributed by atoms with Crippen LogP contribution in [0.1, 0.15) is 29.1 Å². The molecule has 6 nitrogen and oxygen atoms in total. The molecule has 0 fully saturated rings. The number of carbonyl (C=O) groups excluding carboxylic acids is 1. The molecule has 0 aliphatic rings. The molecule has 0 aliphatic heterocycles. The maximum atomic E-state index is 12.5. The highest BCUT2D eigenvalue weighted by atomic mass is 32.1. The van der Waals surface area contributed by atoms with E-state index >= 15 is 0 Å². The molecule has 31 heavy (non-hydrogen) atoms. The summed E-state index contributed by atoms with van der Waals surface area (Å²) in [4.78, 5) is 16.4. The van der Waals surface area contributed by atoms with E-state index in [0.717, 1.165) is 17.6 Å². The molecule has 0 bridgehead atoms. The summed E-state index contributed by atoms with van der Waals surface area (Å²) in [5.41, 5.74) is 0.574. The lowest BCUT2D eigenvalue weighted by Gasteiger charge is -2.09. The van der Waals surface area contributed by atoms with Crippen molar-refractivity contribution in [2.45, 2.75) is 26.6 Å². The SMILES string of the molecule is CC(Cc1nsc(NC(=O)c2cc(-c3cccc(OC(F)(F)F)c3)c(C)o2)n1)=C(F)F. The van der Waals surface area contributed by atoms with Crippen LogP contribution in [0.15, 0.2) is 46.4 Å². The quantitative estimate of drug-likeness (QED) is 0.460. The van der Waals surface area contributed by atoms with Crippen molar-refractivity contribution in [3.63, 3.8) is 0 Å². The van der Waals surface area contributed by atoms with E-state index in [1.165, 1.54) is 25.1 Å². The monoisotopic (exact) mass is 459 g/mol. The maximum Gasteiger partial charge on any atom is 0.573 e. The molecule has 12 heteroatoms. The average molecular weight is 459 g/mol. The van der Waals surface area contributed by atoms with Crippen LogP contribution in [0, 0.1) is 6.92 Å². The van der Waals surface area contributed by atoms with Crippen molar-refractivity contribution < 1.29 is 35.9 Å². The van der Waals surface area contributed by atoms with Gasteiger partial charge in [-0.25, -0.2) is 4.98 Å². The van der Waals surface area contributed by atoms with Crippen molar-refractivity contribution in [3.8, 4) is 16.9 Å². The molecule has 0 saturated carbocycles. The molecule has 164 valence electrons. The van der Waals surface area contributed by atoms with E-state index in [9.17, 15) is 26.7 Å². The number of benzene rings is 1. The summed E-state index contributed by atoms with van der Waals surface area (Å²) in [7, 11) is 0. The highest BCUT2D eigenvalue weighted by Gasteiger charge is 2.31. The van der Waals surface area contributed by atoms with Crippen LogP contribution in [0.2, 0.25) is 0 Å². The smallest absolute Gasteiger partial charge is 0.456 e. The first-order valence-electron chi connectivity index (χ1n) is 8.63. The zero-order valence-corrected chi connectivity index (χ0v) is 16.8. The first-order valence-corrected chi connectivity index (χ1v) is 9.40. The van der Waals surface area contributed by atoms with E-state index in [0.29, 0.717) is 16.9 Å². The molecule has 0 saturated heterocycles. The molecule has 1 aromatic carbocycles. The van der Waals surface area contributed by atoms with E-state index < -0.39 is 24.1 Å². The molecule has 0 aliphatic carbocycles. The van der Waals surface area contributed by atoms with Gasteiger partial charge in [0, 0.05) is 23.5 Å². The number of rotatable bonds is 6. The Bertz CT molecular complexity index is 1130. The lowest BCUT2D eigenvalue weighted by atomic mass is 10.1. The summed E-state index contributed by atoms with van der Waals surface area (Å²) < 4.78 is 75.6. The van der Waals surface area contributed by atoms with Crippen LogP contribution in [0.5, 0.6) is 5.75 Å². The predicted octanol–water partition coefficient (Wildman–Crippen LogP) is 5.97. The van der Waals surface area contributed by atoms with Crippen molar-refractivity contribution in [2.75, 3.05) is 5.32 Å². The van der Waals surface area contributed by atoms with Gasteiger partial charge in [0.25, 0.3) is 12.0 Å². The zero-order chi connectivity index (χ0) is 22.8. The maximum absolute atomic E-state index is 12.5. The number of aromatic nitrogens is 2. The second-order valence-corrected chi connectivity index (χ2v) is 7.10. The Balaban J connectivity index is 1.75. The number of nitrogens with zero attached hydrogens (tertiary/aromatic N) is 2. The standard InChI is InChI=1S/C19H14F5N3O3S/c1-9(16(20)21)6-15-25-18(31-27-15)26-17(28)14-8-13(10(2)29-14)11-4-3-5-12(7-11)30-19(22,23)24/h3-5,7-8H,6H2,1-2H3,(H,25,26,27,28). The summed E-state index contributed by atoms with van der Waals surface area (Å²) in [6.07, 6.45) is -6.81. The number of furan rings is 1. The van der Waals surface area contributed by atoms with Crippen molar-refractivity contribution in [2.24, 2.45) is 0 Å². The number of hydrogen-bond donors (Lipinski definition) is 1. The van der Waals surface area contributed by atoms with Crippen LogP contribution in [0.25, 0.3) is 11.1 Å². The highest BCUT2D eigenvalue weighted by Crippen LogP contribution is 2.31.